The maximum absolute atomic E-state index is 11.6. The van der Waals surface area contributed by atoms with Crippen LogP contribution in [0.3, 0.4) is 0 Å². The van der Waals surface area contributed by atoms with Crippen LogP contribution >= 0.6 is 0 Å². The Kier molecular flexibility index (Phi) is 5.68. The van der Waals surface area contributed by atoms with Crippen molar-refractivity contribution in [3.63, 3.8) is 0 Å². The Morgan fingerprint density at radius 2 is 1.90 bits per heavy atom. The zero-order valence-electron chi connectivity index (χ0n) is 11.8. The van der Waals surface area contributed by atoms with Crippen molar-refractivity contribution in [3.8, 4) is 0 Å². The monoisotopic (exact) mass is 314 g/mol. The van der Waals surface area contributed by atoms with E-state index in [0.717, 1.165) is 6.26 Å². The summed E-state index contributed by atoms with van der Waals surface area (Å²) in [5.74, 6) is -0.825. The lowest BCUT2D eigenvalue weighted by Crippen LogP contribution is -2.36. The molecule has 21 heavy (non-hydrogen) atoms. The van der Waals surface area contributed by atoms with Gasteiger partial charge >= 0.3 is 0 Å². The highest BCUT2D eigenvalue weighted by Gasteiger charge is 2.08. The summed E-state index contributed by atoms with van der Waals surface area (Å²) < 4.78 is 24.7. The Morgan fingerprint density at radius 3 is 2.43 bits per heavy atom. The van der Waals surface area contributed by atoms with Crippen LogP contribution in [0.5, 0.6) is 0 Å². The first-order valence-electron chi connectivity index (χ1n) is 6.06. The van der Waals surface area contributed by atoms with Crippen LogP contribution in [-0.4, -0.2) is 39.6 Å². The average Bonchev–Trinajstić information content (AvgIpc) is 2.38. The smallest absolute Gasteiger partial charge is 0.243 e. The minimum Gasteiger partial charge on any atom is -0.346 e. The maximum atomic E-state index is 11.6. The van der Waals surface area contributed by atoms with Gasteiger partial charge in [0, 0.05) is 5.69 Å². The number of nitrogens with two attached hydrogens (primary N) is 1. The van der Waals surface area contributed by atoms with E-state index >= 15 is 0 Å². The van der Waals surface area contributed by atoms with Crippen LogP contribution in [0.2, 0.25) is 0 Å². The standard InChI is InChI=1S/C12H18N4O4S/c1-8-5-9(3-4-10(8)16-21(2,19)20)15-12(18)7-14-11(17)6-13/h3-5,16H,6-7,13H2,1-2H3,(H,14,17)(H,15,18). The number of carbonyl (C=O) groups excluding carboxylic acids is 2. The molecule has 0 radical (unpaired) electrons. The first kappa shape index (κ1) is 16.9. The molecular formula is C12H18N4O4S. The fourth-order valence-corrected chi connectivity index (χ4v) is 2.14. The van der Waals surface area contributed by atoms with Crippen molar-refractivity contribution in [2.24, 2.45) is 5.73 Å². The van der Waals surface area contributed by atoms with Gasteiger partial charge in [-0.3, -0.25) is 14.3 Å². The van der Waals surface area contributed by atoms with E-state index < -0.39 is 21.8 Å². The molecule has 2 amide bonds. The average molecular weight is 314 g/mol. The Bertz CT molecular complexity index is 643. The molecular weight excluding hydrogens is 296 g/mol. The molecule has 5 N–H and O–H groups in total. The molecule has 0 aliphatic rings. The summed E-state index contributed by atoms with van der Waals surface area (Å²) in [5.41, 5.74) is 6.69. The molecule has 1 rings (SSSR count). The predicted octanol–water partition coefficient (Wildman–Crippen LogP) is -0.620. The molecule has 0 aliphatic heterocycles. The summed E-state index contributed by atoms with van der Waals surface area (Å²) in [6.45, 7) is 1.34. The minimum absolute atomic E-state index is 0.182. The molecule has 0 atom stereocenters. The number of rotatable bonds is 6. The van der Waals surface area contributed by atoms with Gasteiger partial charge in [0.25, 0.3) is 0 Å². The van der Waals surface area contributed by atoms with E-state index in [1.807, 2.05) is 0 Å². The highest BCUT2D eigenvalue weighted by atomic mass is 32.2. The molecule has 0 saturated heterocycles. The number of sulfonamides is 1. The first-order chi connectivity index (χ1) is 9.71. The highest BCUT2D eigenvalue weighted by molar-refractivity contribution is 7.92. The summed E-state index contributed by atoms with van der Waals surface area (Å²) in [7, 11) is -3.35. The van der Waals surface area contributed by atoms with Crippen LogP contribution in [-0.2, 0) is 19.6 Å². The fraction of sp³-hybridized carbons (Fsp3) is 0.333. The molecule has 0 heterocycles. The second-order valence-corrected chi connectivity index (χ2v) is 6.18. The summed E-state index contributed by atoms with van der Waals surface area (Å²) >= 11 is 0. The van der Waals surface area contributed by atoms with Crippen molar-refractivity contribution in [2.45, 2.75) is 6.92 Å². The lowest BCUT2D eigenvalue weighted by Gasteiger charge is -2.11. The van der Waals surface area contributed by atoms with Gasteiger partial charge in [0.05, 0.1) is 25.0 Å². The number of benzene rings is 1. The lowest BCUT2D eigenvalue weighted by molar-refractivity contribution is -0.123. The number of nitrogens with one attached hydrogen (secondary N) is 3. The van der Waals surface area contributed by atoms with Crippen LogP contribution in [0.25, 0.3) is 0 Å². The van der Waals surface area contributed by atoms with Gasteiger partial charge in [0.1, 0.15) is 0 Å². The highest BCUT2D eigenvalue weighted by Crippen LogP contribution is 2.20. The predicted molar refractivity (Wildman–Crippen MR) is 80.3 cm³/mol. The van der Waals surface area contributed by atoms with Crippen LogP contribution in [0.4, 0.5) is 11.4 Å². The fourth-order valence-electron chi connectivity index (χ4n) is 1.51. The van der Waals surface area contributed by atoms with E-state index in [1.165, 1.54) is 0 Å². The number of anilines is 2. The van der Waals surface area contributed by atoms with Gasteiger partial charge in [-0.2, -0.15) is 0 Å². The third-order valence-corrected chi connectivity index (χ3v) is 3.03. The molecule has 0 unspecified atom stereocenters. The van der Waals surface area contributed by atoms with E-state index in [4.69, 9.17) is 5.73 Å². The van der Waals surface area contributed by atoms with Gasteiger partial charge in [-0.05, 0) is 30.7 Å². The van der Waals surface area contributed by atoms with Crippen molar-refractivity contribution in [2.75, 3.05) is 29.4 Å². The number of carbonyl (C=O) groups is 2. The molecule has 0 bridgehead atoms. The Labute approximate surface area is 123 Å². The van der Waals surface area contributed by atoms with Gasteiger partial charge < -0.3 is 16.4 Å². The van der Waals surface area contributed by atoms with E-state index in [9.17, 15) is 18.0 Å². The van der Waals surface area contributed by atoms with E-state index in [-0.39, 0.29) is 13.1 Å². The molecule has 116 valence electrons. The third kappa shape index (κ3) is 6.23. The van der Waals surface area contributed by atoms with Gasteiger partial charge in [-0.25, -0.2) is 8.42 Å². The Hall–Kier alpha value is -2.13. The molecule has 0 fully saturated rings. The van der Waals surface area contributed by atoms with Gasteiger partial charge in [-0.1, -0.05) is 0 Å². The zero-order chi connectivity index (χ0) is 16.0. The minimum atomic E-state index is -3.35. The van der Waals surface area contributed by atoms with E-state index in [2.05, 4.69) is 15.4 Å². The second kappa shape index (κ2) is 7.04. The van der Waals surface area contributed by atoms with Crippen LogP contribution < -0.4 is 21.1 Å². The SMILES string of the molecule is Cc1cc(NC(=O)CNC(=O)CN)ccc1NS(C)(=O)=O. The second-order valence-electron chi connectivity index (χ2n) is 4.43. The van der Waals surface area contributed by atoms with E-state index in [1.54, 1.807) is 25.1 Å². The van der Waals surface area contributed by atoms with E-state index in [0.29, 0.717) is 16.9 Å². The lowest BCUT2D eigenvalue weighted by atomic mass is 10.2. The number of amides is 2. The zero-order valence-corrected chi connectivity index (χ0v) is 12.6. The summed E-state index contributed by atoms with van der Waals surface area (Å²) in [6, 6.07) is 4.73. The summed E-state index contributed by atoms with van der Waals surface area (Å²) in [4.78, 5) is 22.5. The van der Waals surface area contributed by atoms with Crippen LogP contribution in [0.1, 0.15) is 5.56 Å². The van der Waals surface area contributed by atoms with Crippen molar-refractivity contribution in [1.29, 1.82) is 0 Å². The number of aryl methyl sites for hydroxylation is 1. The largest absolute Gasteiger partial charge is 0.346 e. The van der Waals surface area contributed by atoms with Gasteiger partial charge in [0.15, 0.2) is 0 Å². The molecule has 0 aromatic heterocycles. The molecule has 0 spiro atoms. The molecule has 9 heteroatoms. The van der Waals surface area contributed by atoms with Crippen molar-refractivity contribution >= 4 is 33.2 Å². The molecule has 1 aromatic carbocycles. The molecule has 0 saturated carbocycles. The Balaban J connectivity index is 2.67. The van der Waals surface area contributed by atoms with Crippen molar-refractivity contribution in [1.82, 2.24) is 5.32 Å². The quantitative estimate of drug-likeness (QED) is 0.556. The van der Waals surface area contributed by atoms with Crippen LogP contribution in [0.15, 0.2) is 18.2 Å². The summed E-state index contributed by atoms with van der Waals surface area (Å²) in [5, 5.41) is 4.92. The van der Waals surface area contributed by atoms with Gasteiger partial charge in [-0.15, -0.1) is 0 Å². The van der Waals surface area contributed by atoms with Crippen molar-refractivity contribution in [3.05, 3.63) is 23.8 Å². The summed E-state index contributed by atoms with van der Waals surface area (Å²) in [6.07, 6.45) is 1.06. The third-order valence-electron chi connectivity index (χ3n) is 2.44. The maximum Gasteiger partial charge on any atom is 0.243 e. The molecule has 1 aromatic rings. The van der Waals surface area contributed by atoms with Crippen LogP contribution in [0, 0.1) is 6.92 Å². The number of hydrogen-bond donors (Lipinski definition) is 4. The number of hydrogen-bond acceptors (Lipinski definition) is 5. The normalized spacial score (nSPS) is 10.8. The molecule has 0 aliphatic carbocycles. The Morgan fingerprint density at radius 1 is 1.24 bits per heavy atom. The van der Waals surface area contributed by atoms with Crippen molar-refractivity contribution < 1.29 is 18.0 Å². The van der Waals surface area contributed by atoms with Gasteiger partial charge in [0.2, 0.25) is 21.8 Å². The molecule has 8 nitrogen and oxygen atoms in total. The first-order valence-corrected chi connectivity index (χ1v) is 7.95. The topological polar surface area (TPSA) is 130 Å².